The molecule has 2 aromatic carbocycles. The lowest BCUT2D eigenvalue weighted by atomic mass is 10.1. The van der Waals surface area contributed by atoms with Crippen molar-refractivity contribution in [3.05, 3.63) is 59.7 Å². The molecular weight excluding hydrogens is 384 g/mol. The molecule has 0 aliphatic rings. The van der Waals surface area contributed by atoms with E-state index in [0.717, 1.165) is 22.5 Å². The predicted octanol–water partition coefficient (Wildman–Crippen LogP) is 3.71. The summed E-state index contributed by atoms with van der Waals surface area (Å²) in [7, 11) is 0. The first kappa shape index (κ1) is 20.6. The third kappa shape index (κ3) is 4.81. The van der Waals surface area contributed by atoms with Gasteiger partial charge >= 0.3 is 0 Å². The molecule has 29 heavy (non-hydrogen) atoms. The van der Waals surface area contributed by atoms with E-state index in [-0.39, 0.29) is 12.3 Å². The van der Waals surface area contributed by atoms with Gasteiger partial charge in [-0.05, 0) is 55.0 Å². The van der Waals surface area contributed by atoms with Crippen LogP contribution in [0.5, 0.6) is 0 Å². The van der Waals surface area contributed by atoms with Gasteiger partial charge in [0.15, 0.2) is 0 Å². The highest BCUT2D eigenvalue weighted by atomic mass is 32.2. The molecule has 3 aromatic rings. The number of hydrogen-bond acceptors (Lipinski definition) is 6. The van der Waals surface area contributed by atoms with E-state index >= 15 is 0 Å². The van der Waals surface area contributed by atoms with Crippen LogP contribution in [0.4, 0.5) is 5.69 Å². The zero-order valence-corrected chi connectivity index (χ0v) is 17.4. The molecule has 3 rings (SSSR count). The molecule has 0 fully saturated rings. The summed E-state index contributed by atoms with van der Waals surface area (Å²) in [5.41, 5.74) is 3.87. The Kier molecular flexibility index (Phi) is 6.62. The molecule has 0 radical (unpaired) electrons. The summed E-state index contributed by atoms with van der Waals surface area (Å²) in [4.78, 5) is 14.8. The number of aryl methyl sites for hydroxylation is 2. The number of carbonyl (C=O) groups is 1. The Bertz CT molecular complexity index is 1030. The highest BCUT2D eigenvalue weighted by molar-refractivity contribution is 8.00. The Morgan fingerprint density at radius 1 is 1.24 bits per heavy atom. The van der Waals surface area contributed by atoms with Crippen molar-refractivity contribution in [1.82, 2.24) is 20.2 Å². The summed E-state index contributed by atoms with van der Waals surface area (Å²) < 4.78 is 1.66. The van der Waals surface area contributed by atoms with E-state index in [9.17, 15) is 4.79 Å². The quantitative estimate of drug-likeness (QED) is 0.556. The Hall–Kier alpha value is -3.18. The van der Waals surface area contributed by atoms with Gasteiger partial charge in [-0.2, -0.15) is 9.94 Å². The molecule has 0 aliphatic carbocycles. The average molecular weight is 407 g/mol. The molecule has 0 aliphatic heterocycles. The smallest absolute Gasteiger partial charge is 0.240 e. The van der Waals surface area contributed by atoms with E-state index in [2.05, 4.69) is 27.7 Å². The Balaban J connectivity index is 1.82. The van der Waals surface area contributed by atoms with Crippen LogP contribution in [0.2, 0.25) is 0 Å². The Morgan fingerprint density at radius 2 is 2.00 bits per heavy atom. The monoisotopic (exact) mass is 406 g/mol. The van der Waals surface area contributed by atoms with Gasteiger partial charge in [0.1, 0.15) is 0 Å². The van der Waals surface area contributed by atoms with E-state index in [1.54, 1.807) is 9.58 Å². The van der Waals surface area contributed by atoms with Gasteiger partial charge in [0.05, 0.1) is 23.4 Å². The summed E-state index contributed by atoms with van der Waals surface area (Å²) in [5.74, 6) is -0.0911. The molecule has 148 valence electrons. The molecule has 0 spiro atoms. The summed E-state index contributed by atoms with van der Waals surface area (Å²) in [6, 6.07) is 17.5. The summed E-state index contributed by atoms with van der Waals surface area (Å²) in [6.45, 7) is 6.21. The zero-order chi connectivity index (χ0) is 20.8. The third-order valence-corrected chi connectivity index (χ3v) is 5.45. The van der Waals surface area contributed by atoms with Crippen molar-refractivity contribution in [2.24, 2.45) is 0 Å². The fourth-order valence-corrected chi connectivity index (χ4v) is 3.87. The number of nitriles is 1. The first-order valence-corrected chi connectivity index (χ1v) is 10.1. The highest BCUT2D eigenvalue weighted by Gasteiger charge is 2.25. The van der Waals surface area contributed by atoms with E-state index in [4.69, 9.17) is 5.26 Å². The van der Waals surface area contributed by atoms with E-state index in [1.807, 2.05) is 63.2 Å². The largest absolute Gasteiger partial charge is 0.310 e. The molecule has 1 unspecified atom stereocenters. The van der Waals surface area contributed by atoms with Crippen molar-refractivity contribution < 1.29 is 4.79 Å². The van der Waals surface area contributed by atoms with Crippen LogP contribution >= 0.6 is 11.8 Å². The molecule has 1 heterocycles. The van der Waals surface area contributed by atoms with Gasteiger partial charge < -0.3 is 4.90 Å². The Labute approximate surface area is 174 Å². The van der Waals surface area contributed by atoms with Crippen LogP contribution in [0.15, 0.2) is 53.7 Å². The van der Waals surface area contributed by atoms with Gasteiger partial charge in [-0.3, -0.25) is 4.79 Å². The Morgan fingerprint density at radius 3 is 2.69 bits per heavy atom. The number of rotatable bonds is 7. The standard InChI is InChI=1S/C21H22N6OS/c1-15-10-11-19(16(2)14-15)27-21(23-24-25-27)29-17(3)20(28)26(13-7-12-22)18-8-5-4-6-9-18/h4-6,8-11,14,17H,7,13H2,1-3H3. The number of benzene rings is 2. The zero-order valence-electron chi connectivity index (χ0n) is 16.6. The summed E-state index contributed by atoms with van der Waals surface area (Å²) >= 11 is 1.30. The molecule has 0 bridgehead atoms. The number of tetrazole rings is 1. The first-order chi connectivity index (χ1) is 14.0. The minimum Gasteiger partial charge on any atom is -0.310 e. The maximum atomic E-state index is 13.2. The summed E-state index contributed by atoms with van der Waals surface area (Å²) in [6.07, 6.45) is 0.262. The normalized spacial score (nSPS) is 11.7. The number of carbonyl (C=O) groups excluding carboxylic acids is 1. The van der Waals surface area contributed by atoms with Crippen molar-refractivity contribution in [1.29, 1.82) is 5.26 Å². The molecule has 8 heteroatoms. The topological polar surface area (TPSA) is 87.7 Å². The number of hydrogen-bond donors (Lipinski definition) is 0. The van der Waals surface area contributed by atoms with Crippen LogP contribution in [0.3, 0.4) is 0 Å². The molecule has 1 amide bonds. The number of para-hydroxylation sites is 1. The van der Waals surface area contributed by atoms with Crippen molar-refractivity contribution in [2.45, 2.75) is 37.6 Å². The molecule has 7 nitrogen and oxygen atoms in total. The van der Waals surface area contributed by atoms with Crippen LogP contribution in [0.25, 0.3) is 5.69 Å². The third-order valence-electron chi connectivity index (χ3n) is 4.43. The second kappa shape index (κ2) is 9.34. The van der Waals surface area contributed by atoms with Crippen molar-refractivity contribution in [3.8, 4) is 11.8 Å². The lowest BCUT2D eigenvalue weighted by Gasteiger charge is -2.24. The van der Waals surface area contributed by atoms with Crippen LogP contribution in [0.1, 0.15) is 24.5 Å². The number of aromatic nitrogens is 4. The maximum Gasteiger partial charge on any atom is 0.240 e. The number of anilines is 1. The lowest BCUT2D eigenvalue weighted by Crippen LogP contribution is -2.37. The maximum absolute atomic E-state index is 13.2. The van der Waals surface area contributed by atoms with E-state index in [0.29, 0.717) is 11.7 Å². The molecule has 0 N–H and O–H groups in total. The highest BCUT2D eigenvalue weighted by Crippen LogP contribution is 2.27. The van der Waals surface area contributed by atoms with Gasteiger partial charge in [-0.1, -0.05) is 47.7 Å². The van der Waals surface area contributed by atoms with Crippen LogP contribution < -0.4 is 4.90 Å². The summed E-state index contributed by atoms with van der Waals surface area (Å²) in [5, 5.41) is 21.1. The van der Waals surface area contributed by atoms with Crippen molar-refractivity contribution >= 4 is 23.4 Å². The fourth-order valence-electron chi connectivity index (χ4n) is 3.01. The van der Waals surface area contributed by atoms with Gasteiger partial charge in [0.25, 0.3) is 0 Å². The lowest BCUT2D eigenvalue weighted by molar-refractivity contribution is -0.117. The minimum absolute atomic E-state index is 0.0911. The van der Waals surface area contributed by atoms with Gasteiger partial charge in [0.2, 0.25) is 11.1 Å². The van der Waals surface area contributed by atoms with Crippen molar-refractivity contribution in [3.63, 3.8) is 0 Å². The predicted molar refractivity (Wildman–Crippen MR) is 113 cm³/mol. The van der Waals surface area contributed by atoms with E-state index < -0.39 is 5.25 Å². The molecule has 1 aromatic heterocycles. The fraction of sp³-hybridized carbons (Fsp3) is 0.286. The molecule has 0 saturated heterocycles. The van der Waals surface area contributed by atoms with Gasteiger partial charge in [-0.25, -0.2) is 0 Å². The van der Waals surface area contributed by atoms with E-state index in [1.165, 1.54) is 11.8 Å². The SMILES string of the molecule is Cc1ccc(-n2nnnc2SC(C)C(=O)N(CCC#N)c2ccccc2)c(C)c1. The molecule has 1 atom stereocenters. The molecule has 0 saturated carbocycles. The van der Waals surface area contributed by atoms with Crippen LogP contribution in [0, 0.1) is 25.2 Å². The van der Waals surface area contributed by atoms with Crippen LogP contribution in [-0.2, 0) is 4.79 Å². The van der Waals surface area contributed by atoms with Crippen LogP contribution in [-0.4, -0.2) is 37.9 Å². The molecular formula is C21H22N6OS. The number of amides is 1. The van der Waals surface area contributed by atoms with Crippen molar-refractivity contribution in [2.75, 3.05) is 11.4 Å². The minimum atomic E-state index is -0.426. The van der Waals surface area contributed by atoms with Gasteiger partial charge in [0, 0.05) is 12.2 Å². The second-order valence-electron chi connectivity index (χ2n) is 6.66. The first-order valence-electron chi connectivity index (χ1n) is 9.27. The number of thioether (sulfide) groups is 1. The second-order valence-corrected chi connectivity index (χ2v) is 7.96. The number of nitrogens with zero attached hydrogens (tertiary/aromatic N) is 6. The van der Waals surface area contributed by atoms with Gasteiger partial charge in [-0.15, -0.1) is 5.10 Å². The average Bonchev–Trinajstić information content (AvgIpc) is 3.16.